The van der Waals surface area contributed by atoms with Crippen molar-refractivity contribution in [2.45, 2.75) is 17.1 Å². The monoisotopic (exact) mass is 273 g/mol. The van der Waals surface area contributed by atoms with Crippen LogP contribution in [0.2, 0.25) is 0 Å². The van der Waals surface area contributed by atoms with E-state index in [2.05, 4.69) is 10.2 Å². The molecule has 18 heavy (non-hydrogen) atoms. The maximum Gasteiger partial charge on any atom is 0.416 e. The summed E-state index contributed by atoms with van der Waals surface area (Å²) in [5, 5.41) is 8.08. The van der Waals surface area contributed by atoms with Crippen LogP contribution in [0, 0.1) is 0 Å². The van der Waals surface area contributed by atoms with Crippen molar-refractivity contribution in [2.24, 2.45) is 7.05 Å². The summed E-state index contributed by atoms with van der Waals surface area (Å²) < 4.78 is 39.9. The van der Waals surface area contributed by atoms with E-state index in [0.29, 0.717) is 5.16 Å². The Bertz CT molecular complexity index is 536. The van der Waals surface area contributed by atoms with Crippen LogP contribution in [-0.4, -0.2) is 14.8 Å². The van der Waals surface area contributed by atoms with Crippen molar-refractivity contribution >= 4 is 11.8 Å². The van der Waals surface area contributed by atoms with Gasteiger partial charge in [0.15, 0.2) is 5.16 Å². The number of aryl methyl sites for hydroxylation is 1. The van der Waals surface area contributed by atoms with Gasteiger partial charge in [0, 0.05) is 12.8 Å². The van der Waals surface area contributed by atoms with Crippen LogP contribution in [0.3, 0.4) is 0 Å². The van der Waals surface area contributed by atoms with Gasteiger partial charge in [-0.3, -0.25) is 0 Å². The minimum absolute atomic E-state index is 0.211. The smallest absolute Gasteiger partial charge is 0.312 e. The van der Waals surface area contributed by atoms with Gasteiger partial charge in [-0.1, -0.05) is 30.0 Å². The number of nitrogens with zero attached hydrogens (tertiary/aromatic N) is 3. The van der Waals surface area contributed by atoms with Crippen LogP contribution >= 0.6 is 11.8 Å². The highest BCUT2D eigenvalue weighted by atomic mass is 32.2. The lowest BCUT2D eigenvalue weighted by molar-refractivity contribution is -0.138. The quantitative estimate of drug-likeness (QED) is 0.805. The van der Waals surface area contributed by atoms with Gasteiger partial charge in [0.2, 0.25) is 0 Å². The highest BCUT2D eigenvalue weighted by molar-refractivity contribution is 7.98. The van der Waals surface area contributed by atoms with E-state index in [1.165, 1.54) is 30.2 Å². The van der Waals surface area contributed by atoms with Gasteiger partial charge < -0.3 is 4.57 Å². The first-order valence-corrected chi connectivity index (χ1v) is 6.09. The molecular weight excluding hydrogens is 263 g/mol. The summed E-state index contributed by atoms with van der Waals surface area (Å²) in [7, 11) is 1.75. The summed E-state index contributed by atoms with van der Waals surface area (Å²) in [5.74, 6) is 0.211. The third-order valence-corrected chi connectivity index (χ3v) is 3.43. The number of benzene rings is 1. The average molecular weight is 273 g/mol. The largest absolute Gasteiger partial charge is 0.416 e. The number of hydrogen-bond donors (Lipinski definition) is 0. The number of alkyl halides is 3. The first-order valence-electron chi connectivity index (χ1n) is 5.10. The SMILES string of the molecule is Cn1cnnc1SCc1ccccc1C(F)(F)F. The Kier molecular flexibility index (Phi) is 3.60. The van der Waals surface area contributed by atoms with Crippen molar-refractivity contribution in [3.8, 4) is 0 Å². The molecule has 2 rings (SSSR count). The fraction of sp³-hybridized carbons (Fsp3) is 0.273. The second-order valence-corrected chi connectivity index (χ2v) is 4.61. The molecule has 0 fully saturated rings. The van der Waals surface area contributed by atoms with Crippen LogP contribution in [0.25, 0.3) is 0 Å². The Morgan fingerprint density at radius 2 is 2.00 bits per heavy atom. The van der Waals surface area contributed by atoms with Gasteiger partial charge in [-0.2, -0.15) is 13.2 Å². The summed E-state index contributed by atoms with van der Waals surface area (Å²) in [6.07, 6.45) is -2.81. The van der Waals surface area contributed by atoms with Gasteiger partial charge in [-0.15, -0.1) is 10.2 Å². The predicted molar refractivity (Wildman–Crippen MR) is 62.0 cm³/mol. The molecule has 2 aromatic rings. The maximum absolute atomic E-state index is 12.8. The number of aromatic nitrogens is 3. The van der Waals surface area contributed by atoms with Gasteiger partial charge in [-0.25, -0.2) is 0 Å². The molecule has 96 valence electrons. The van der Waals surface area contributed by atoms with Crippen LogP contribution < -0.4 is 0 Å². The fourth-order valence-corrected chi connectivity index (χ4v) is 2.36. The third-order valence-electron chi connectivity index (χ3n) is 2.35. The second-order valence-electron chi connectivity index (χ2n) is 3.67. The predicted octanol–water partition coefficient (Wildman–Crippen LogP) is 3.13. The van der Waals surface area contributed by atoms with Crippen LogP contribution in [-0.2, 0) is 19.0 Å². The van der Waals surface area contributed by atoms with Crippen LogP contribution in [0.15, 0.2) is 35.7 Å². The van der Waals surface area contributed by atoms with Crippen molar-refractivity contribution in [1.82, 2.24) is 14.8 Å². The summed E-state index contributed by atoms with van der Waals surface area (Å²) in [5.41, 5.74) is -0.349. The number of hydrogen-bond acceptors (Lipinski definition) is 3. The summed E-state index contributed by atoms with van der Waals surface area (Å²) in [6.45, 7) is 0. The van der Waals surface area contributed by atoms with E-state index in [0.717, 1.165) is 6.07 Å². The molecule has 1 aromatic heterocycles. The maximum atomic E-state index is 12.8. The molecule has 0 spiro atoms. The Labute approximate surface area is 106 Å². The first kappa shape index (κ1) is 12.9. The lowest BCUT2D eigenvalue weighted by Gasteiger charge is -2.11. The van der Waals surface area contributed by atoms with Crippen molar-refractivity contribution in [1.29, 1.82) is 0 Å². The molecule has 0 bridgehead atoms. The number of thioether (sulfide) groups is 1. The summed E-state index contributed by atoms with van der Waals surface area (Å²) >= 11 is 1.23. The second kappa shape index (κ2) is 5.01. The zero-order valence-corrected chi connectivity index (χ0v) is 10.3. The Morgan fingerprint density at radius 3 is 2.61 bits per heavy atom. The van der Waals surface area contributed by atoms with Crippen LogP contribution in [0.1, 0.15) is 11.1 Å². The molecule has 0 unspecified atom stereocenters. The molecule has 1 heterocycles. The molecule has 0 saturated heterocycles. The highest BCUT2D eigenvalue weighted by Crippen LogP contribution is 2.34. The molecule has 0 aliphatic heterocycles. The van der Waals surface area contributed by atoms with Crippen molar-refractivity contribution in [3.63, 3.8) is 0 Å². The lowest BCUT2D eigenvalue weighted by atomic mass is 10.1. The Hall–Kier alpha value is -1.50. The highest BCUT2D eigenvalue weighted by Gasteiger charge is 2.32. The minimum Gasteiger partial charge on any atom is -0.312 e. The van der Waals surface area contributed by atoms with Crippen LogP contribution in [0.4, 0.5) is 13.2 Å². The first-order chi connectivity index (χ1) is 8.48. The topological polar surface area (TPSA) is 30.7 Å². The molecule has 0 atom stereocenters. The zero-order chi connectivity index (χ0) is 13.2. The molecule has 0 amide bonds. The van der Waals surface area contributed by atoms with E-state index in [9.17, 15) is 13.2 Å². The van der Waals surface area contributed by atoms with E-state index < -0.39 is 11.7 Å². The van der Waals surface area contributed by atoms with Gasteiger partial charge in [-0.05, 0) is 11.6 Å². The third kappa shape index (κ3) is 2.84. The Morgan fingerprint density at radius 1 is 1.28 bits per heavy atom. The fourth-order valence-electron chi connectivity index (χ4n) is 1.47. The molecular formula is C11H10F3N3S. The van der Waals surface area contributed by atoms with Crippen molar-refractivity contribution in [2.75, 3.05) is 0 Å². The molecule has 0 aliphatic rings. The van der Waals surface area contributed by atoms with Gasteiger partial charge in [0.05, 0.1) is 5.56 Å². The molecule has 1 aromatic carbocycles. The molecule has 0 radical (unpaired) electrons. The molecule has 0 saturated carbocycles. The van der Waals surface area contributed by atoms with E-state index in [4.69, 9.17) is 0 Å². The van der Waals surface area contributed by atoms with E-state index >= 15 is 0 Å². The van der Waals surface area contributed by atoms with Crippen LogP contribution in [0.5, 0.6) is 0 Å². The van der Waals surface area contributed by atoms with Crippen molar-refractivity contribution < 1.29 is 13.2 Å². The lowest BCUT2D eigenvalue weighted by Crippen LogP contribution is -2.08. The standard InChI is InChI=1S/C11H10F3N3S/c1-17-7-15-16-10(17)18-6-8-4-2-3-5-9(8)11(12,13)14/h2-5,7H,6H2,1H3. The van der Waals surface area contributed by atoms with E-state index in [1.807, 2.05) is 0 Å². The summed E-state index contributed by atoms with van der Waals surface area (Å²) in [6, 6.07) is 5.56. The van der Waals surface area contributed by atoms with Gasteiger partial charge in [0.1, 0.15) is 6.33 Å². The number of rotatable bonds is 3. The van der Waals surface area contributed by atoms with E-state index in [1.54, 1.807) is 17.7 Å². The number of halogens is 3. The molecule has 7 heteroatoms. The zero-order valence-electron chi connectivity index (χ0n) is 9.48. The normalized spacial score (nSPS) is 11.8. The summed E-state index contributed by atoms with van der Waals surface area (Å²) in [4.78, 5) is 0. The van der Waals surface area contributed by atoms with Gasteiger partial charge >= 0.3 is 6.18 Å². The molecule has 0 N–H and O–H groups in total. The van der Waals surface area contributed by atoms with E-state index in [-0.39, 0.29) is 11.3 Å². The van der Waals surface area contributed by atoms with Gasteiger partial charge in [0.25, 0.3) is 0 Å². The Balaban J connectivity index is 2.17. The average Bonchev–Trinajstić information content (AvgIpc) is 2.71. The van der Waals surface area contributed by atoms with Crippen molar-refractivity contribution in [3.05, 3.63) is 41.7 Å². The molecule has 0 aliphatic carbocycles. The molecule has 3 nitrogen and oxygen atoms in total. The minimum atomic E-state index is -4.32.